The van der Waals surface area contributed by atoms with Gasteiger partial charge >= 0.3 is 5.97 Å². The summed E-state index contributed by atoms with van der Waals surface area (Å²) < 4.78 is 5.23. The van der Waals surface area contributed by atoms with Crippen LogP contribution < -0.4 is 5.32 Å². The Balaban J connectivity index is 1.83. The molecule has 1 heterocycles. The molecule has 0 spiro atoms. The van der Waals surface area contributed by atoms with Crippen molar-refractivity contribution in [1.29, 1.82) is 0 Å². The minimum absolute atomic E-state index is 0.188. The molecule has 4 heteroatoms. The molecule has 0 fully saturated rings. The summed E-state index contributed by atoms with van der Waals surface area (Å²) >= 11 is 1.71. The largest absolute Gasteiger partial charge is 0.462 e. The topological polar surface area (TPSA) is 38.3 Å². The van der Waals surface area contributed by atoms with Crippen LogP contribution in [0.25, 0.3) is 0 Å². The van der Waals surface area contributed by atoms with E-state index in [1.165, 1.54) is 16.0 Å². The van der Waals surface area contributed by atoms with E-state index in [0.29, 0.717) is 6.61 Å². The second kappa shape index (κ2) is 6.31. The van der Waals surface area contributed by atoms with Gasteiger partial charge < -0.3 is 10.1 Å². The molecule has 1 N–H and O–H groups in total. The van der Waals surface area contributed by atoms with Gasteiger partial charge in [0.05, 0.1) is 12.2 Å². The number of hydrogen-bond acceptors (Lipinski definition) is 4. The zero-order chi connectivity index (χ0) is 14.7. The molecule has 0 bridgehead atoms. The van der Waals surface area contributed by atoms with Gasteiger partial charge in [-0.3, -0.25) is 0 Å². The van der Waals surface area contributed by atoms with Crippen molar-refractivity contribution in [3.63, 3.8) is 0 Å². The maximum absolute atomic E-state index is 12.2. The Morgan fingerprint density at radius 1 is 1.29 bits per heavy atom. The first-order valence-electron chi connectivity index (χ1n) is 7.39. The first kappa shape index (κ1) is 14.1. The van der Waals surface area contributed by atoms with E-state index in [2.05, 4.69) is 17.4 Å². The fraction of sp³-hybridized carbons (Fsp3) is 0.353. The van der Waals surface area contributed by atoms with E-state index in [4.69, 9.17) is 4.74 Å². The quantitative estimate of drug-likeness (QED) is 0.848. The molecule has 0 unspecified atom stereocenters. The van der Waals surface area contributed by atoms with Gasteiger partial charge in [0.25, 0.3) is 0 Å². The fourth-order valence-corrected chi connectivity index (χ4v) is 4.00. The number of thiophene rings is 1. The van der Waals surface area contributed by atoms with Gasteiger partial charge in [-0.2, -0.15) is 0 Å². The van der Waals surface area contributed by atoms with Crippen LogP contribution in [-0.2, 0) is 24.1 Å². The van der Waals surface area contributed by atoms with Crippen molar-refractivity contribution < 1.29 is 9.53 Å². The third kappa shape index (κ3) is 2.95. The summed E-state index contributed by atoms with van der Waals surface area (Å²) in [5.41, 5.74) is 3.18. The van der Waals surface area contributed by atoms with E-state index < -0.39 is 0 Å². The number of ether oxygens (including phenoxy) is 1. The van der Waals surface area contributed by atoms with Crippen LogP contribution in [-0.4, -0.2) is 12.6 Å². The lowest BCUT2D eigenvalue weighted by Crippen LogP contribution is -2.09. The van der Waals surface area contributed by atoms with Crippen LogP contribution in [0.4, 0.5) is 5.00 Å². The Labute approximate surface area is 129 Å². The average Bonchev–Trinajstić information content (AvgIpc) is 3.06. The molecule has 0 aliphatic heterocycles. The number of aryl methyl sites for hydroxylation is 1. The number of anilines is 1. The van der Waals surface area contributed by atoms with Crippen molar-refractivity contribution >= 4 is 22.3 Å². The first-order valence-corrected chi connectivity index (χ1v) is 8.20. The number of carbonyl (C=O) groups excluding carboxylic acids is 1. The van der Waals surface area contributed by atoms with Gasteiger partial charge in [0, 0.05) is 11.4 Å². The minimum Gasteiger partial charge on any atom is -0.462 e. The number of esters is 1. The van der Waals surface area contributed by atoms with Gasteiger partial charge in [0.2, 0.25) is 0 Å². The van der Waals surface area contributed by atoms with Crippen molar-refractivity contribution in [2.75, 3.05) is 11.9 Å². The Morgan fingerprint density at radius 3 is 2.86 bits per heavy atom. The molecule has 2 aromatic rings. The van der Waals surface area contributed by atoms with Crippen molar-refractivity contribution in [2.24, 2.45) is 0 Å². The normalized spacial score (nSPS) is 13.0. The summed E-state index contributed by atoms with van der Waals surface area (Å²) in [4.78, 5) is 13.6. The molecule has 3 nitrogen and oxygen atoms in total. The molecule has 3 rings (SSSR count). The second-order valence-corrected chi connectivity index (χ2v) is 6.23. The van der Waals surface area contributed by atoms with Gasteiger partial charge in [-0.15, -0.1) is 11.3 Å². The molecule has 0 atom stereocenters. The third-order valence-corrected chi connectivity index (χ3v) is 4.95. The van der Waals surface area contributed by atoms with E-state index in [9.17, 15) is 4.79 Å². The molecule has 0 amide bonds. The highest BCUT2D eigenvalue weighted by atomic mass is 32.1. The number of fused-ring (bicyclic) bond motifs is 1. The number of carbonyl (C=O) groups is 1. The molecule has 0 radical (unpaired) electrons. The fourth-order valence-electron chi connectivity index (χ4n) is 2.73. The number of hydrogen-bond donors (Lipinski definition) is 1. The van der Waals surface area contributed by atoms with Crippen LogP contribution in [0, 0.1) is 0 Å². The SMILES string of the molecule is CCOC(=O)c1c(NCc2ccccc2)sc2c1CCC2. The van der Waals surface area contributed by atoms with Crippen molar-refractivity contribution in [1.82, 2.24) is 0 Å². The first-order chi connectivity index (χ1) is 10.3. The monoisotopic (exact) mass is 301 g/mol. The third-order valence-electron chi connectivity index (χ3n) is 3.70. The molecule has 1 aliphatic rings. The van der Waals surface area contributed by atoms with Gasteiger partial charge in [0.1, 0.15) is 5.00 Å². The van der Waals surface area contributed by atoms with E-state index in [1.807, 2.05) is 25.1 Å². The summed E-state index contributed by atoms with van der Waals surface area (Å²) in [6, 6.07) is 10.2. The van der Waals surface area contributed by atoms with Gasteiger partial charge in [-0.25, -0.2) is 4.79 Å². The highest BCUT2D eigenvalue weighted by Gasteiger charge is 2.27. The van der Waals surface area contributed by atoms with Crippen LogP contribution in [0.2, 0.25) is 0 Å². The zero-order valence-corrected chi connectivity index (χ0v) is 13.0. The van der Waals surface area contributed by atoms with Crippen molar-refractivity contribution in [3.8, 4) is 0 Å². The average molecular weight is 301 g/mol. The van der Waals surface area contributed by atoms with Crippen LogP contribution in [0.1, 0.15) is 39.7 Å². The van der Waals surface area contributed by atoms with Crippen LogP contribution in [0.15, 0.2) is 30.3 Å². The predicted octanol–water partition coefficient (Wildman–Crippen LogP) is 4.03. The second-order valence-electron chi connectivity index (χ2n) is 5.12. The Hall–Kier alpha value is -1.81. The Bertz CT molecular complexity index is 634. The summed E-state index contributed by atoms with van der Waals surface area (Å²) in [6.45, 7) is 3.00. The molecular formula is C17H19NO2S. The number of nitrogens with one attached hydrogen (secondary N) is 1. The molecule has 1 aliphatic carbocycles. The summed E-state index contributed by atoms with van der Waals surface area (Å²) in [6.07, 6.45) is 3.22. The molecular weight excluding hydrogens is 282 g/mol. The molecule has 21 heavy (non-hydrogen) atoms. The molecule has 0 saturated carbocycles. The van der Waals surface area contributed by atoms with Crippen molar-refractivity contribution in [2.45, 2.75) is 32.7 Å². The number of rotatable bonds is 5. The van der Waals surface area contributed by atoms with Gasteiger partial charge in [0.15, 0.2) is 0 Å². The van der Waals surface area contributed by atoms with Gasteiger partial charge in [-0.05, 0) is 37.3 Å². The van der Waals surface area contributed by atoms with Crippen molar-refractivity contribution in [3.05, 3.63) is 51.9 Å². The standard InChI is InChI=1S/C17H19NO2S/c1-2-20-17(19)15-13-9-6-10-14(13)21-16(15)18-11-12-7-4-3-5-8-12/h3-5,7-8,18H,2,6,9-11H2,1H3. The smallest absolute Gasteiger partial charge is 0.341 e. The van der Waals surface area contributed by atoms with Crippen LogP contribution in [0.3, 0.4) is 0 Å². The maximum Gasteiger partial charge on any atom is 0.341 e. The van der Waals surface area contributed by atoms with E-state index >= 15 is 0 Å². The summed E-state index contributed by atoms with van der Waals surface area (Å²) in [7, 11) is 0. The Morgan fingerprint density at radius 2 is 2.10 bits per heavy atom. The molecule has 0 saturated heterocycles. The highest BCUT2D eigenvalue weighted by Crippen LogP contribution is 2.39. The highest BCUT2D eigenvalue weighted by molar-refractivity contribution is 7.16. The van der Waals surface area contributed by atoms with E-state index in [1.54, 1.807) is 11.3 Å². The van der Waals surface area contributed by atoms with Crippen LogP contribution in [0.5, 0.6) is 0 Å². The lowest BCUT2D eigenvalue weighted by molar-refractivity contribution is 0.0527. The van der Waals surface area contributed by atoms with Gasteiger partial charge in [-0.1, -0.05) is 30.3 Å². The minimum atomic E-state index is -0.188. The predicted molar refractivity (Wildman–Crippen MR) is 86.1 cm³/mol. The van der Waals surface area contributed by atoms with E-state index in [0.717, 1.165) is 36.4 Å². The lowest BCUT2D eigenvalue weighted by Gasteiger charge is -2.08. The van der Waals surface area contributed by atoms with E-state index in [-0.39, 0.29) is 5.97 Å². The maximum atomic E-state index is 12.2. The molecule has 110 valence electrons. The molecule has 1 aromatic carbocycles. The molecule has 1 aromatic heterocycles. The zero-order valence-electron chi connectivity index (χ0n) is 12.1. The Kier molecular flexibility index (Phi) is 4.25. The number of benzene rings is 1. The summed E-state index contributed by atoms with van der Waals surface area (Å²) in [5, 5.41) is 4.38. The summed E-state index contributed by atoms with van der Waals surface area (Å²) in [5.74, 6) is -0.188. The lowest BCUT2D eigenvalue weighted by atomic mass is 10.1. The van der Waals surface area contributed by atoms with Crippen LogP contribution >= 0.6 is 11.3 Å².